The summed E-state index contributed by atoms with van der Waals surface area (Å²) in [5.41, 5.74) is 30.7. The molecule has 29 aromatic rings. The number of nitrogens with zero attached hydrogens (tertiary/aromatic N) is 6. The highest BCUT2D eigenvalue weighted by Crippen LogP contribution is 2.51. The number of rotatable bonds is 5. The molecule has 1 aliphatic carbocycles. The molecule has 6 heterocycles. The minimum absolute atomic E-state index is 0.0117. The number of aromatic nitrogens is 6. The van der Waals surface area contributed by atoms with Crippen LogP contribution in [0.5, 0.6) is 0 Å². The van der Waals surface area contributed by atoms with Gasteiger partial charge in [-0.3, -0.25) is 13.2 Å². The number of benzene rings is 23. The van der Waals surface area contributed by atoms with Gasteiger partial charge in [0.2, 0.25) is 0 Å². The molecule has 0 saturated carbocycles. The largest absolute Gasteiger partial charge is 0.292 e. The zero-order valence-corrected chi connectivity index (χ0v) is 73.4. The van der Waals surface area contributed by atoms with Crippen molar-refractivity contribution in [2.45, 2.75) is 19.3 Å². The second-order valence-corrected chi connectivity index (χ2v) is 36.9. The predicted octanol–water partition coefficient (Wildman–Crippen LogP) is 34.2. The average Bonchev–Trinajstić information content (AvgIpc) is 1.49. The summed E-state index contributed by atoms with van der Waals surface area (Å²) in [7, 11) is 0. The van der Waals surface area contributed by atoms with Crippen LogP contribution >= 0.6 is 0 Å². The maximum Gasteiger partial charge on any atom is 0.146 e. The Morgan fingerprint density at radius 3 is 0.896 bits per heavy atom. The Balaban J connectivity index is 0.000000101. The highest BCUT2D eigenvalue weighted by Gasteiger charge is 2.35. The Morgan fingerprint density at radius 1 is 0.157 bits per heavy atom. The van der Waals surface area contributed by atoms with E-state index in [2.05, 4.69) is 476 Å². The molecule has 0 aliphatic heterocycles. The molecule has 6 heteroatoms. The van der Waals surface area contributed by atoms with Gasteiger partial charge in [0.25, 0.3) is 0 Å². The Bertz CT molecular complexity index is 10100. The summed E-state index contributed by atoms with van der Waals surface area (Å²) in [6.07, 6.45) is 0. The van der Waals surface area contributed by atoms with Gasteiger partial charge in [-0.05, 0) is 302 Å². The third kappa shape index (κ3) is 11.7. The van der Waals surface area contributed by atoms with E-state index < -0.39 is 0 Å². The van der Waals surface area contributed by atoms with Crippen molar-refractivity contribution in [3.05, 3.63) is 460 Å². The summed E-state index contributed by atoms with van der Waals surface area (Å²) in [6.45, 7) is 4.70. The average molecular weight is 1700 g/mol. The maximum absolute atomic E-state index is 5.18. The number of hydrogen-bond donors (Lipinski definition) is 0. The van der Waals surface area contributed by atoms with Crippen LogP contribution in [0.2, 0.25) is 0 Å². The van der Waals surface area contributed by atoms with E-state index in [1.807, 2.05) is 0 Å². The van der Waals surface area contributed by atoms with E-state index in [0.29, 0.717) is 0 Å². The Morgan fingerprint density at radius 2 is 0.448 bits per heavy atom. The number of para-hydroxylation sites is 6. The topological polar surface area (TPSA) is 51.9 Å². The quantitative estimate of drug-likeness (QED) is 0.127. The normalized spacial score (nSPS) is 12.6. The summed E-state index contributed by atoms with van der Waals surface area (Å²) in [6, 6.07) is 164. The summed E-state index contributed by atoms with van der Waals surface area (Å²) in [4.78, 5) is 15.5. The molecular formula is C128H80N6. The second kappa shape index (κ2) is 29.3. The first-order valence-electron chi connectivity index (χ1n) is 46.3. The van der Waals surface area contributed by atoms with E-state index in [-0.39, 0.29) is 5.41 Å². The molecule has 0 atom stereocenters. The van der Waals surface area contributed by atoms with E-state index >= 15 is 0 Å². The van der Waals surface area contributed by atoms with Crippen molar-refractivity contribution >= 4 is 201 Å². The standard InChI is InChI=1S/C48H32N2.C43H26N2.C37H22N2/c1-48(2)42-12-6-5-11-37(42)38-21-19-35(27-43(38)48)33-17-15-32-24-34(18-16-31(32)23-33)36-20-22-39-40-25-29-9-3-4-10-30(29)26-41(40)47-49-44-13-7-8-14-45(44)50(47)46(39)28-36;1-2-10-30-24-39-38(23-29(30)9-1)36-22-21-31(26-42(36)45-41-16-8-7-15-40(41)44-43(39)45)27-17-19-28(20-18-27)37-25-32-11-3-4-12-33(32)34-13-5-6-14-35(34)37;1-2-10-24-20-33-32(19-23(24)9-1)30-18-17-26(22-36(30)39-35-16-8-7-15-34(35)38-37(33)39)31-21-25-11-3-4-12-27(25)28-13-5-6-14-29(28)31/h3-28H,1-2H3;1-26H;1-22H. The van der Waals surface area contributed by atoms with Gasteiger partial charge in [0.15, 0.2) is 0 Å². The first kappa shape index (κ1) is 75.5. The molecule has 30 rings (SSSR count). The van der Waals surface area contributed by atoms with E-state index in [1.165, 1.54) is 229 Å². The first-order chi connectivity index (χ1) is 66.1. The van der Waals surface area contributed by atoms with E-state index in [9.17, 15) is 0 Å². The monoisotopic (exact) mass is 1700 g/mol. The van der Waals surface area contributed by atoms with Crippen LogP contribution in [0.25, 0.3) is 268 Å². The lowest BCUT2D eigenvalue weighted by atomic mass is 9.81. The Hall–Kier alpha value is -17.5. The maximum atomic E-state index is 5.18. The van der Waals surface area contributed by atoms with Gasteiger partial charge in [-0.1, -0.05) is 341 Å². The minimum Gasteiger partial charge on any atom is -0.292 e. The van der Waals surface area contributed by atoms with Crippen LogP contribution < -0.4 is 0 Å². The lowest BCUT2D eigenvalue weighted by molar-refractivity contribution is 0.660. The molecule has 0 N–H and O–H groups in total. The van der Waals surface area contributed by atoms with Gasteiger partial charge >= 0.3 is 0 Å². The Kier molecular flexibility index (Phi) is 16.5. The molecule has 23 aromatic carbocycles. The van der Waals surface area contributed by atoms with Crippen molar-refractivity contribution in [1.82, 2.24) is 28.2 Å². The predicted molar refractivity (Wildman–Crippen MR) is 568 cm³/mol. The summed E-state index contributed by atoms with van der Waals surface area (Å²) < 4.78 is 7.06. The van der Waals surface area contributed by atoms with Gasteiger partial charge < -0.3 is 0 Å². The van der Waals surface area contributed by atoms with E-state index in [1.54, 1.807) is 0 Å². The molecule has 0 radical (unpaired) electrons. The molecule has 622 valence electrons. The van der Waals surface area contributed by atoms with Crippen molar-refractivity contribution in [3.8, 4) is 66.8 Å². The molecule has 0 fully saturated rings. The van der Waals surface area contributed by atoms with Crippen molar-refractivity contribution in [2.24, 2.45) is 0 Å². The van der Waals surface area contributed by atoms with E-state index in [0.717, 1.165) is 50.0 Å². The van der Waals surface area contributed by atoms with Crippen molar-refractivity contribution in [3.63, 3.8) is 0 Å². The van der Waals surface area contributed by atoms with Gasteiger partial charge in [0, 0.05) is 37.7 Å². The fourth-order valence-electron chi connectivity index (χ4n) is 22.6. The van der Waals surface area contributed by atoms with Crippen LogP contribution in [0.4, 0.5) is 0 Å². The van der Waals surface area contributed by atoms with Crippen LogP contribution in [-0.4, -0.2) is 28.2 Å². The van der Waals surface area contributed by atoms with Crippen molar-refractivity contribution < 1.29 is 0 Å². The Labute approximate surface area is 770 Å². The molecule has 0 unspecified atom stereocenters. The smallest absolute Gasteiger partial charge is 0.146 e. The van der Waals surface area contributed by atoms with Crippen molar-refractivity contribution in [1.29, 1.82) is 0 Å². The number of hydrogen-bond acceptors (Lipinski definition) is 3. The minimum atomic E-state index is -0.0117. The molecule has 1 aliphatic rings. The number of pyridine rings is 3. The SMILES string of the molecule is CC1(C)c2ccccc2-c2ccc(-c3ccc4cc(-c5ccc6c7cc8ccccc8cc7c7nc8ccccc8n7c6c5)ccc4c3)cc21.c1ccc2cc3c(cc2c1)c1ccc(-c2cc4ccccc4c4ccccc24)cc1n1c2ccccc2nc31.c1ccc2cc3c(cc2c1)c1ccc(-c2ccc(-c4cc5ccccc5c5ccccc45)cc2)cc1n1c2ccccc2nc31. The van der Waals surface area contributed by atoms with Gasteiger partial charge in [-0.15, -0.1) is 0 Å². The fourth-order valence-corrected chi connectivity index (χ4v) is 22.6. The summed E-state index contributed by atoms with van der Waals surface area (Å²) in [5.74, 6) is 0. The van der Waals surface area contributed by atoms with Crippen LogP contribution in [0.1, 0.15) is 25.0 Å². The van der Waals surface area contributed by atoms with Crippen molar-refractivity contribution in [2.75, 3.05) is 0 Å². The number of imidazole rings is 3. The van der Waals surface area contributed by atoms with E-state index in [4.69, 9.17) is 15.0 Å². The molecule has 0 spiro atoms. The van der Waals surface area contributed by atoms with Gasteiger partial charge in [-0.2, -0.15) is 0 Å². The molecule has 0 saturated heterocycles. The zero-order valence-electron chi connectivity index (χ0n) is 73.4. The van der Waals surface area contributed by atoms with Crippen LogP contribution in [0.3, 0.4) is 0 Å². The third-order valence-electron chi connectivity index (χ3n) is 29.1. The molecule has 6 aromatic heterocycles. The lowest BCUT2D eigenvalue weighted by Gasteiger charge is -2.22. The van der Waals surface area contributed by atoms with Gasteiger partial charge in [-0.25, -0.2) is 15.0 Å². The van der Waals surface area contributed by atoms with Gasteiger partial charge in [0.1, 0.15) is 16.9 Å². The summed E-state index contributed by atoms with van der Waals surface area (Å²) in [5, 5.41) is 31.1. The lowest BCUT2D eigenvalue weighted by Crippen LogP contribution is -2.14. The van der Waals surface area contributed by atoms with Crippen LogP contribution in [0, 0.1) is 0 Å². The molecular weight excluding hydrogens is 1620 g/mol. The molecule has 6 nitrogen and oxygen atoms in total. The molecule has 134 heavy (non-hydrogen) atoms. The van der Waals surface area contributed by atoms with Crippen LogP contribution in [-0.2, 0) is 5.41 Å². The van der Waals surface area contributed by atoms with Gasteiger partial charge in [0.05, 0.1) is 49.7 Å². The highest BCUT2D eigenvalue weighted by atomic mass is 15.0. The summed E-state index contributed by atoms with van der Waals surface area (Å²) >= 11 is 0. The third-order valence-corrected chi connectivity index (χ3v) is 29.1. The van der Waals surface area contributed by atoms with Crippen LogP contribution in [0.15, 0.2) is 449 Å². The molecule has 0 bridgehead atoms. The second-order valence-electron chi connectivity index (χ2n) is 36.9. The number of fused-ring (bicyclic) bond motifs is 37. The molecule has 0 amide bonds. The first-order valence-corrected chi connectivity index (χ1v) is 46.3. The fraction of sp³-hybridized carbons (Fsp3) is 0.0234. The highest BCUT2D eigenvalue weighted by molar-refractivity contribution is 6.23. The zero-order chi connectivity index (χ0) is 88.1.